The molecule has 0 heterocycles. The third-order valence-corrected chi connectivity index (χ3v) is 3.67. The third-order valence-electron chi connectivity index (χ3n) is 3.05. The Labute approximate surface area is 124 Å². The van der Waals surface area contributed by atoms with Crippen molar-refractivity contribution in [3.05, 3.63) is 34.8 Å². The molecule has 1 rings (SSSR count). The molecule has 0 spiro atoms. The zero-order valence-electron chi connectivity index (χ0n) is 12.0. The van der Waals surface area contributed by atoms with E-state index >= 15 is 0 Å². The lowest BCUT2D eigenvalue weighted by Crippen LogP contribution is -2.04. The first-order valence-electron chi connectivity index (χ1n) is 6.87. The molecule has 0 bridgehead atoms. The van der Waals surface area contributed by atoms with Crippen LogP contribution in [0.2, 0.25) is 0 Å². The van der Waals surface area contributed by atoms with Crippen molar-refractivity contribution in [1.29, 1.82) is 0 Å². The molecular weight excluding hydrogens is 304 g/mol. The molecular formula is C16H23BrO2. The molecule has 2 nitrogen and oxygen atoms in total. The van der Waals surface area contributed by atoms with E-state index in [1.807, 2.05) is 26.0 Å². The van der Waals surface area contributed by atoms with E-state index in [1.165, 1.54) is 5.56 Å². The van der Waals surface area contributed by atoms with Crippen LogP contribution in [-0.2, 0) is 0 Å². The molecule has 106 valence electrons. The van der Waals surface area contributed by atoms with Gasteiger partial charge >= 0.3 is 0 Å². The monoisotopic (exact) mass is 326 g/mol. The van der Waals surface area contributed by atoms with Crippen molar-refractivity contribution < 1.29 is 9.47 Å². The van der Waals surface area contributed by atoms with Crippen LogP contribution in [0.15, 0.2) is 29.3 Å². The first kappa shape index (κ1) is 16.1. The summed E-state index contributed by atoms with van der Waals surface area (Å²) in [6.45, 7) is 11.3. The van der Waals surface area contributed by atoms with Gasteiger partial charge < -0.3 is 9.47 Å². The lowest BCUT2D eigenvalue weighted by atomic mass is 9.92. The third kappa shape index (κ3) is 4.27. The fraction of sp³-hybridized carbons (Fsp3) is 0.500. The maximum atomic E-state index is 5.77. The van der Waals surface area contributed by atoms with Gasteiger partial charge in [0.05, 0.1) is 17.7 Å². The van der Waals surface area contributed by atoms with Gasteiger partial charge in [-0.1, -0.05) is 13.0 Å². The van der Waals surface area contributed by atoms with Crippen molar-refractivity contribution in [2.75, 3.05) is 13.2 Å². The summed E-state index contributed by atoms with van der Waals surface area (Å²) in [4.78, 5) is 0. The first-order valence-corrected chi connectivity index (χ1v) is 7.67. The van der Waals surface area contributed by atoms with Crippen LogP contribution in [0.5, 0.6) is 11.5 Å². The number of hydrogen-bond donors (Lipinski definition) is 0. The van der Waals surface area contributed by atoms with E-state index in [2.05, 4.69) is 35.5 Å². The molecule has 0 aliphatic carbocycles. The molecule has 0 amide bonds. The van der Waals surface area contributed by atoms with E-state index in [-0.39, 0.29) is 0 Å². The number of benzene rings is 1. The van der Waals surface area contributed by atoms with Crippen LogP contribution in [0.3, 0.4) is 0 Å². The lowest BCUT2D eigenvalue weighted by Gasteiger charge is -2.20. The van der Waals surface area contributed by atoms with Crippen molar-refractivity contribution in [1.82, 2.24) is 0 Å². The van der Waals surface area contributed by atoms with Crippen molar-refractivity contribution in [3.63, 3.8) is 0 Å². The second-order valence-corrected chi connectivity index (χ2v) is 5.17. The van der Waals surface area contributed by atoms with Crippen LogP contribution < -0.4 is 9.47 Å². The van der Waals surface area contributed by atoms with Gasteiger partial charge in [0.25, 0.3) is 0 Å². The van der Waals surface area contributed by atoms with E-state index in [1.54, 1.807) is 0 Å². The minimum atomic E-state index is 0.436. The SMILES string of the molecule is C=CCC(CC)c1cc(Br)c(OCC)cc1OCC. The second-order valence-electron chi connectivity index (χ2n) is 4.32. The van der Waals surface area contributed by atoms with Gasteiger partial charge in [0.1, 0.15) is 11.5 Å². The van der Waals surface area contributed by atoms with Crippen LogP contribution in [0, 0.1) is 0 Å². The van der Waals surface area contributed by atoms with Gasteiger partial charge in [-0.3, -0.25) is 0 Å². The molecule has 0 saturated heterocycles. The quantitative estimate of drug-likeness (QED) is 0.602. The Kier molecular flexibility index (Phi) is 7.00. The molecule has 0 saturated carbocycles. The minimum absolute atomic E-state index is 0.436. The Hall–Kier alpha value is -0.960. The van der Waals surface area contributed by atoms with Gasteiger partial charge in [0.15, 0.2) is 0 Å². The fourth-order valence-corrected chi connectivity index (χ4v) is 2.61. The Balaban J connectivity index is 3.19. The Morgan fingerprint density at radius 3 is 2.32 bits per heavy atom. The minimum Gasteiger partial charge on any atom is -0.493 e. The zero-order valence-corrected chi connectivity index (χ0v) is 13.6. The Morgan fingerprint density at radius 1 is 1.16 bits per heavy atom. The predicted molar refractivity (Wildman–Crippen MR) is 84.3 cm³/mol. The molecule has 0 aliphatic rings. The first-order chi connectivity index (χ1) is 9.17. The van der Waals surface area contributed by atoms with E-state index < -0.39 is 0 Å². The normalized spacial score (nSPS) is 12.0. The number of allylic oxidation sites excluding steroid dienone is 1. The van der Waals surface area contributed by atoms with Gasteiger partial charge in [-0.25, -0.2) is 0 Å². The van der Waals surface area contributed by atoms with Gasteiger partial charge in [0, 0.05) is 6.07 Å². The molecule has 0 aliphatic heterocycles. The molecule has 0 fully saturated rings. The van der Waals surface area contributed by atoms with Crippen molar-refractivity contribution in [2.24, 2.45) is 0 Å². The summed E-state index contributed by atoms with van der Waals surface area (Å²) in [5.41, 5.74) is 1.22. The van der Waals surface area contributed by atoms with Crippen molar-refractivity contribution in [2.45, 2.75) is 39.5 Å². The van der Waals surface area contributed by atoms with E-state index in [4.69, 9.17) is 9.47 Å². The molecule has 1 unspecified atom stereocenters. The summed E-state index contributed by atoms with van der Waals surface area (Å²) in [6.07, 6.45) is 3.98. The topological polar surface area (TPSA) is 18.5 Å². The van der Waals surface area contributed by atoms with Gasteiger partial charge in [-0.2, -0.15) is 0 Å². The average Bonchev–Trinajstić information content (AvgIpc) is 2.40. The highest BCUT2D eigenvalue weighted by atomic mass is 79.9. The van der Waals surface area contributed by atoms with Crippen LogP contribution in [0.25, 0.3) is 0 Å². The second kappa shape index (κ2) is 8.26. The summed E-state index contributed by atoms with van der Waals surface area (Å²) < 4.78 is 12.4. The maximum absolute atomic E-state index is 5.77. The summed E-state index contributed by atoms with van der Waals surface area (Å²) in [7, 11) is 0. The van der Waals surface area contributed by atoms with E-state index in [0.29, 0.717) is 19.1 Å². The molecule has 1 aromatic rings. The maximum Gasteiger partial charge on any atom is 0.137 e. The molecule has 19 heavy (non-hydrogen) atoms. The largest absolute Gasteiger partial charge is 0.493 e. The van der Waals surface area contributed by atoms with Crippen LogP contribution >= 0.6 is 15.9 Å². The lowest BCUT2D eigenvalue weighted by molar-refractivity contribution is 0.317. The van der Waals surface area contributed by atoms with Gasteiger partial charge in [-0.05, 0) is 60.2 Å². The highest BCUT2D eigenvalue weighted by molar-refractivity contribution is 9.10. The van der Waals surface area contributed by atoms with E-state index in [0.717, 1.165) is 28.8 Å². The molecule has 1 atom stereocenters. The summed E-state index contributed by atoms with van der Waals surface area (Å²) in [5, 5.41) is 0. The molecule has 0 radical (unpaired) electrons. The number of halogens is 1. The summed E-state index contributed by atoms with van der Waals surface area (Å²) in [5.74, 6) is 2.19. The highest BCUT2D eigenvalue weighted by Gasteiger charge is 2.17. The number of ether oxygens (including phenoxy) is 2. The molecule has 0 aromatic heterocycles. The molecule has 3 heteroatoms. The van der Waals surface area contributed by atoms with Crippen LogP contribution in [0.1, 0.15) is 45.1 Å². The van der Waals surface area contributed by atoms with Gasteiger partial charge in [0.2, 0.25) is 0 Å². The van der Waals surface area contributed by atoms with Gasteiger partial charge in [-0.15, -0.1) is 6.58 Å². The zero-order chi connectivity index (χ0) is 14.3. The smallest absolute Gasteiger partial charge is 0.137 e. The van der Waals surface area contributed by atoms with Crippen molar-refractivity contribution in [3.8, 4) is 11.5 Å². The fourth-order valence-electron chi connectivity index (χ4n) is 2.13. The van der Waals surface area contributed by atoms with Crippen LogP contribution in [0.4, 0.5) is 0 Å². The average molecular weight is 327 g/mol. The van der Waals surface area contributed by atoms with Crippen molar-refractivity contribution >= 4 is 15.9 Å². The Bertz CT molecular complexity index is 415. The molecule has 0 N–H and O–H groups in total. The Morgan fingerprint density at radius 2 is 1.79 bits per heavy atom. The standard InChI is InChI=1S/C16H23BrO2/c1-5-9-12(6-2)13-10-14(17)16(19-8-4)11-15(13)18-7-3/h5,10-12H,1,6-9H2,2-4H3. The summed E-state index contributed by atoms with van der Waals surface area (Å²) in [6, 6.07) is 4.10. The van der Waals surface area contributed by atoms with E-state index in [9.17, 15) is 0 Å². The van der Waals surface area contributed by atoms with Crippen LogP contribution in [-0.4, -0.2) is 13.2 Å². The molecule has 1 aromatic carbocycles. The number of rotatable bonds is 8. The predicted octanol–water partition coefficient (Wildman–Crippen LogP) is 5.32. The summed E-state index contributed by atoms with van der Waals surface area (Å²) >= 11 is 3.58. The highest BCUT2D eigenvalue weighted by Crippen LogP contribution is 2.39. The number of hydrogen-bond acceptors (Lipinski definition) is 2.